The lowest BCUT2D eigenvalue weighted by atomic mass is 10.1. The Labute approximate surface area is 182 Å². The molecule has 1 aromatic heterocycles. The summed E-state index contributed by atoms with van der Waals surface area (Å²) < 4.78 is 46.3. The molecular weight excluding hydrogens is 442 g/mol. The average Bonchev–Trinajstić information content (AvgIpc) is 3.25. The molecule has 166 valence electrons. The van der Waals surface area contributed by atoms with Gasteiger partial charge in [0.15, 0.2) is 16.6 Å². The van der Waals surface area contributed by atoms with Crippen LogP contribution in [0.3, 0.4) is 0 Å². The van der Waals surface area contributed by atoms with Crippen LogP contribution in [-0.4, -0.2) is 26.1 Å². The number of rotatable bonds is 7. The van der Waals surface area contributed by atoms with Gasteiger partial charge in [-0.25, -0.2) is 13.2 Å². The van der Waals surface area contributed by atoms with Crippen LogP contribution < -0.4 is 4.74 Å². The number of nitro benzene ring substituents is 1. The molecule has 0 saturated carbocycles. The van der Waals surface area contributed by atoms with Crippen molar-refractivity contribution in [3.63, 3.8) is 0 Å². The van der Waals surface area contributed by atoms with Gasteiger partial charge in [-0.05, 0) is 18.2 Å². The highest BCUT2D eigenvalue weighted by atomic mass is 32.2. The lowest BCUT2D eigenvalue weighted by molar-refractivity contribution is -0.385. The number of ether oxygens (including phenoxy) is 3. The maximum absolute atomic E-state index is 12.6. The first-order valence-electron chi connectivity index (χ1n) is 9.37. The Morgan fingerprint density at radius 3 is 2.66 bits per heavy atom. The molecule has 0 unspecified atom stereocenters. The smallest absolute Gasteiger partial charge is 0.374 e. The van der Waals surface area contributed by atoms with Crippen LogP contribution in [0.5, 0.6) is 5.75 Å². The second kappa shape index (κ2) is 8.81. The first-order valence-corrected chi connectivity index (χ1v) is 11.0. The molecule has 11 heteroatoms. The lowest BCUT2D eigenvalue weighted by Crippen LogP contribution is -2.15. The van der Waals surface area contributed by atoms with Gasteiger partial charge in [-0.3, -0.25) is 10.1 Å². The molecule has 0 atom stereocenters. The van der Waals surface area contributed by atoms with Crippen molar-refractivity contribution in [2.75, 3.05) is 6.79 Å². The van der Waals surface area contributed by atoms with Gasteiger partial charge in [0.05, 0.1) is 28.4 Å². The van der Waals surface area contributed by atoms with E-state index >= 15 is 0 Å². The molecule has 1 aliphatic heterocycles. The molecule has 0 amide bonds. The average molecular weight is 459 g/mol. The molecule has 4 rings (SSSR count). The van der Waals surface area contributed by atoms with Crippen LogP contribution in [0.2, 0.25) is 0 Å². The van der Waals surface area contributed by atoms with Gasteiger partial charge in [-0.15, -0.1) is 0 Å². The molecule has 32 heavy (non-hydrogen) atoms. The minimum Gasteiger partial charge on any atom is -0.467 e. The predicted octanol–water partition coefficient (Wildman–Crippen LogP) is 3.39. The van der Waals surface area contributed by atoms with Gasteiger partial charge in [0.2, 0.25) is 5.76 Å². The number of hydrogen-bond acceptors (Lipinski definition) is 9. The van der Waals surface area contributed by atoms with Crippen molar-refractivity contribution in [3.8, 4) is 5.75 Å². The van der Waals surface area contributed by atoms with E-state index in [4.69, 9.17) is 18.6 Å². The van der Waals surface area contributed by atoms with E-state index in [1.807, 2.05) is 0 Å². The standard InChI is InChI=1S/C21H17NO9S/c23-21(20-14(6-7-29-20)12-32(26,27)18-4-2-1-3-5-18)30-11-16-9-17(22(24)25)8-15-10-28-13-31-19(15)16/h1-9H,10-13H2. The summed E-state index contributed by atoms with van der Waals surface area (Å²) in [6.45, 7) is -0.252. The number of esters is 1. The molecule has 0 saturated heterocycles. The van der Waals surface area contributed by atoms with E-state index in [2.05, 4.69) is 0 Å². The largest absolute Gasteiger partial charge is 0.467 e. The highest BCUT2D eigenvalue weighted by molar-refractivity contribution is 7.90. The number of benzene rings is 2. The van der Waals surface area contributed by atoms with Crippen molar-refractivity contribution in [1.29, 1.82) is 0 Å². The normalized spacial score (nSPS) is 13.1. The van der Waals surface area contributed by atoms with Crippen LogP contribution in [0.1, 0.15) is 27.2 Å². The number of carbonyl (C=O) groups is 1. The lowest BCUT2D eigenvalue weighted by Gasteiger charge is -2.20. The van der Waals surface area contributed by atoms with Gasteiger partial charge < -0.3 is 18.6 Å². The van der Waals surface area contributed by atoms with E-state index in [1.54, 1.807) is 18.2 Å². The van der Waals surface area contributed by atoms with Gasteiger partial charge in [-0.2, -0.15) is 0 Å². The van der Waals surface area contributed by atoms with E-state index < -0.39 is 26.5 Å². The van der Waals surface area contributed by atoms with Gasteiger partial charge in [0.1, 0.15) is 12.4 Å². The monoisotopic (exact) mass is 459 g/mol. The van der Waals surface area contributed by atoms with Gasteiger partial charge in [-0.1, -0.05) is 18.2 Å². The summed E-state index contributed by atoms with van der Waals surface area (Å²) in [5, 5.41) is 11.2. The number of nitro groups is 1. The maximum atomic E-state index is 12.6. The minimum absolute atomic E-state index is 0.0363. The fraction of sp³-hybridized carbons (Fsp3) is 0.190. The molecule has 2 heterocycles. The first-order chi connectivity index (χ1) is 15.3. The third-order valence-corrected chi connectivity index (χ3v) is 6.40. The molecular formula is C21H17NO9S. The van der Waals surface area contributed by atoms with Crippen LogP contribution in [0, 0.1) is 10.1 Å². The second-order valence-electron chi connectivity index (χ2n) is 6.88. The van der Waals surface area contributed by atoms with Gasteiger partial charge >= 0.3 is 5.97 Å². The third kappa shape index (κ3) is 4.48. The van der Waals surface area contributed by atoms with Crippen LogP contribution >= 0.6 is 0 Å². The molecule has 0 fully saturated rings. The molecule has 0 bridgehead atoms. The van der Waals surface area contributed by atoms with Gasteiger partial charge in [0, 0.05) is 28.8 Å². The van der Waals surface area contributed by atoms with E-state index in [9.17, 15) is 23.3 Å². The third-order valence-electron chi connectivity index (χ3n) is 4.72. The summed E-state index contributed by atoms with van der Waals surface area (Å²) in [7, 11) is -3.71. The van der Waals surface area contributed by atoms with E-state index in [0.717, 1.165) is 0 Å². The van der Waals surface area contributed by atoms with Crippen molar-refractivity contribution in [2.24, 2.45) is 0 Å². The number of non-ortho nitro benzene ring substituents is 1. The highest BCUT2D eigenvalue weighted by Gasteiger charge is 2.25. The summed E-state index contributed by atoms with van der Waals surface area (Å²) in [4.78, 5) is 23.3. The number of sulfone groups is 1. The first kappa shape index (κ1) is 21.5. The van der Waals surface area contributed by atoms with Crippen molar-refractivity contribution >= 4 is 21.5 Å². The summed E-state index contributed by atoms with van der Waals surface area (Å²) >= 11 is 0. The number of nitrogens with zero attached hydrogens (tertiary/aromatic N) is 1. The Hall–Kier alpha value is -3.70. The summed E-state index contributed by atoms with van der Waals surface area (Å²) in [5.74, 6) is -1.26. The van der Waals surface area contributed by atoms with Crippen LogP contribution in [0.25, 0.3) is 0 Å². The predicted molar refractivity (Wildman–Crippen MR) is 109 cm³/mol. The highest BCUT2D eigenvalue weighted by Crippen LogP contribution is 2.33. The van der Waals surface area contributed by atoms with Crippen molar-refractivity contribution in [3.05, 3.63) is 87.4 Å². The Morgan fingerprint density at radius 1 is 1.12 bits per heavy atom. The Kier molecular flexibility index (Phi) is 5.93. The van der Waals surface area contributed by atoms with E-state index in [-0.39, 0.29) is 47.5 Å². The quantitative estimate of drug-likeness (QED) is 0.296. The van der Waals surface area contributed by atoms with Crippen LogP contribution in [0.15, 0.2) is 64.1 Å². The van der Waals surface area contributed by atoms with Crippen LogP contribution in [-0.2, 0) is 38.3 Å². The Morgan fingerprint density at radius 2 is 1.91 bits per heavy atom. The molecule has 3 aromatic rings. The zero-order valence-electron chi connectivity index (χ0n) is 16.6. The molecule has 10 nitrogen and oxygen atoms in total. The number of carbonyl (C=O) groups excluding carboxylic acids is 1. The van der Waals surface area contributed by atoms with Crippen molar-refractivity contribution < 1.29 is 36.8 Å². The molecule has 2 aromatic carbocycles. The number of furan rings is 1. The SMILES string of the molecule is O=C(OCc1cc([N+](=O)[O-])cc2c1OCOC2)c1occc1CS(=O)(=O)c1ccccc1. The van der Waals surface area contributed by atoms with Crippen molar-refractivity contribution in [2.45, 2.75) is 23.9 Å². The Balaban J connectivity index is 1.53. The fourth-order valence-corrected chi connectivity index (χ4v) is 4.62. The van der Waals surface area contributed by atoms with Crippen LogP contribution in [0.4, 0.5) is 5.69 Å². The number of hydrogen-bond donors (Lipinski definition) is 0. The summed E-state index contributed by atoms with van der Waals surface area (Å²) in [6, 6.07) is 11.8. The topological polar surface area (TPSA) is 135 Å². The molecule has 1 aliphatic rings. The molecule has 0 spiro atoms. The summed E-state index contributed by atoms with van der Waals surface area (Å²) in [5.41, 5.74) is 0.695. The zero-order valence-corrected chi connectivity index (χ0v) is 17.4. The fourth-order valence-electron chi connectivity index (χ4n) is 3.25. The zero-order chi connectivity index (χ0) is 22.7. The van der Waals surface area contributed by atoms with E-state index in [0.29, 0.717) is 11.3 Å². The Bertz CT molecular complexity index is 1270. The minimum atomic E-state index is -3.71. The second-order valence-corrected chi connectivity index (χ2v) is 8.87. The molecule has 0 aliphatic carbocycles. The molecule has 0 N–H and O–H groups in total. The maximum Gasteiger partial charge on any atom is 0.374 e. The van der Waals surface area contributed by atoms with Gasteiger partial charge in [0.25, 0.3) is 5.69 Å². The summed E-state index contributed by atoms with van der Waals surface area (Å²) in [6.07, 6.45) is 1.20. The van der Waals surface area contributed by atoms with E-state index in [1.165, 1.54) is 36.6 Å². The molecule has 0 radical (unpaired) electrons. The van der Waals surface area contributed by atoms with Crippen molar-refractivity contribution in [1.82, 2.24) is 0 Å². The number of fused-ring (bicyclic) bond motifs is 1.